The van der Waals surface area contributed by atoms with Gasteiger partial charge in [-0.05, 0) is 12.1 Å². The Morgan fingerprint density at radius 2 is 2.36 bits per heavy atom. The summed E-state index contributed by atoms with van der Waals surface area (Å²) >= 11 is 8.91. The molecule has 2 unspecified atom stereocenters. The van der Waals surface area contributed by atoms with E-state index in [1.807, 2.05) is 17.5 Å². The number of rotatable bonds is 5. The molecule has 2 atom stereocenters. The Balaban J connectivity index is 1.52. The number of β-amino-alcohol motifs (C(OH)–C–C–N with tert-alkyl or cyclic N) is 1. The summed E-state index contributed by atoms with van der Waals surface area (Å²) < 4.78 is 0.730. The molecule has 1 aliphatic rings. The number of aliphatic hydroxyl groups excluding tert-OH is 1. The fourth-order valence-electron chi connectivity index (χ4n) is 2.33. The van der Waals surface area contributed by atoms with Crippen molar-refractivity contribution in [2.75, 3.05) is 19.6 Å². The number of amides is 1. The Labute approximate surface area is 141 Å². The lowest BCUT2D eigenvalue weighted by Crippen LogP contribution is -2.35. The van der Waals surface area contributed by atoms with Gasteiger partial charge in [-0.1, -0.05) is 11.6 Å². The van der Waals surface area contributed by atoms with E-state index in [1.54, 1.807) is 0 Å². The predicted molar refractivity (Wildman–Crippen MR) is 89.5 cm³/mol. The van der Waals surface area contributed by atoms with Crippen LogP contribution in [-0.2, 0) is 11.2 Å². The Morgan fingerprint density at radius 1 is 1.50 bits per heavy atom. The van der Waals surface area contributed by atoms with Crippen molar-refractivity contribution >= 4 is 40.2 Å². The minimum Gasteiger partial charge on any atom is -0.391 e. The fraction of sp³-hybridized carbons (Fsp3) is 0.429. The van der Waals surface area contributed by atoms with E-state index >= 15 is 0 Å². The first-order valence-electron chi connectivity index (χ1n) is 6.97. The van der Waals surface area contributed by atoms with E-state index in [-0.39, 0.29) is 24.3 Å². The van der Waals surface area contributed by atoms with Gasteiger partial charge in [0.15, 0.2) is 0 Å². The molecule has 22 heavy (non-hydrogen) atoms. The SMILES string of the molecule is O=C(Cc1csc(-c2ccc(Cl)s2)n1)NCC1CNCC1O. The van der Waals surface area contributed by atoms with Crippen molar-refractivity contribution in [3.8, 4) is 9.88 Å². The molecular weight excluding hydrogens is 342 g/mol. The number of thiazole rings is 1. The van der Waals surface area contributed by atoms with Crippen molar-refractivity contribution in [1.82, 2.24) is 15.6 Å². The van der Waals surface area contributed by atoms with Gasteiger partial charge in [0.1, 0.15) is 5.01 Å². The van der Waals surface area contributed by atoms with E-state index in [1.165, 1.54) is 22.7 Å². The third kappa shape index (κ3) is 3.85. The average molecular weight is 358 g/mol. The number of hydrogen-bond acceptors (Lipinski definition) is 6. The Hall–Kier alpha value is -0.990. The standard InChI is InChI=1S/C14H16ClN3O2S2/c15-12-2-1-11(22-12)14-18-9(7-21-14)3-13(20)17-5-8-4-16-6-10(8)19/h1-2,7-8,10,16,19H,3-6H2,(H,17,20). The molecule has 2 aromatic rings. The van der Waals surface area contributed by atoms with Gasteiger partial charge in [0.05, 0.1) is 27.4 Å². The lowest BCUT2D eigenvalue weighted by Gasteiger charge is -2.13. The highest BCUT2D eigenvalue weighted by Crippen LogP contribution is 2.32. The quantitative estimate of drug-likeness (QED) is 0.762. The van der Waals surface area contributed by atoms with Crippen LogP contribution in [0.2, 0.25) is 4.34 Å². The molecule has 3 rings (SSSR count). The van der Waals surface area contributed by atoms with E-state index in [0.717, 1.165) is 26.5 Å². The summed E-state index contributed by atoms with van der Waals surface area (Å²) in [5.74, 6) is 0.0170. The van der Waals surface area contributed by atoms with Crippen molar-refractivity contribution < 1.29 is 9.90 Å². The maximum Gasteiger partial charge on any atom is 0.226 e. The lowest BCUT2D eigenvalue weighted by molar-refractivity contribution is -0.120. The first-order chi connectivity index (χ1) is 10.6. The zero-order chi connectivity index (χ0) is 15.5. The molecule has 0 aromatic carbocycles. The van der Waals surface area contributed by atoms with Gasteiger partial charge >= 0.3 is 0 Å². The molecule has 0 radical (unpaired) electrons. The van der Waals surface area contributed by atoms with Crippen LogP contribution in [0.5, 0.6) is 0 Å². The van der Waals surface area contributed by atoms with Gasteiger partial charge < -0.3 is 15.7 Å². The molecule has 118 valence electrons. The Bertz CT molecular complexity index is 658. The first kappa shape index (κ1) is 15.9. The monoisotopic (exact) mass is 357 g/mol. The summed E-state index contributed by atoms with van der Waals surface area (Å²) in [7, 11) is 0. The zero-order valence-corrected chi connectivity index (χ0v) is 14.1. The number of nitrogens with zero attached hydrogens (tertiary/aromatic N) is 1. The van der Waals surface area contributed by atoms with E-state index in [2.05, 4.69) is 15.6 Å². The van der Waals surface area contributed by atoms with Crippen LogP contribution in [0, 0.1) is 5.92 Å². The molecule has 5 nitrogen and oxygen atoms in total. The molecule has 0 aliphatic carbocycles. The first-order valence-corrected chi connectivity index (χ1v) is 9.05. The van der Waals surface area contributed by atoms with Gasteiger partial charge in [-0.25, -0.2) is 4.98 Å². The van der Waals surface area contributed by atoms with E-state index in [4.69, 9.17) is 11.6 Å². The van der Waals surface area contributed by atoms with Gasteiger partial charge in [0, 0.05) is 30.9 Å². The molecular formula is C14H16ClN3O2S2. The molecule has 2 aromatic heterocycles. The number of halogens is 1. The topological polar surface area (TPSA) is 74.2 Å². The van der Waals surface area contributed by atoms with Crippen LogP contribution in [-0.4, -0.2) is 41.7 Å². The number of carbonyl (C=O) groups excluding carboxylic acids is 1. The van der Waals surface area contributed by atoms with Crippen LogP contribution < -0.4 is 10.6 Å². The van der Waals surface area contributed by atoms with Gasteiger partial charge in [0.25, 0.3) is 0 Å². The van der Waals surface area contributed by atoms with Gasteiger partial charge in [-0.2, -0.15) is 0 Å². The molecule has 0 spiro atoms. The number of aromatic nitrogens is 1. The molecule has 1 amide bonds. The highest BCUT2D eigenvalue weighted by atomic mass is 35.5. The predicted octanol–water partition coefficient (Wildman–Crippen LogP) is 1.76. The Kier molecular flexibility index (Phi) is 5.10. The summed E-state index contributed by atoms with van der Waals surface area (Å²) in [6.45, 7) is 1.82. The van der Waals surface area contributed by atoms with Crippen LogP contribution in [0.25, 0.3) is 9.88 Å². The van der Waals surface area contributed by atoms with Crippen molar-refractivity contribution in [2.45, 2.75) is 12.5 Å². The van der Waals surface area contributed by atoms with Crippen LogP contribution in [0.4, 0.5) is 0 Å². The van der Waals surface area contributed by atoms with E-state index < -0.39 is 0 Å². The number of nitrogens with one attached hydrogen (secondary N) is 2. The smallest absolute Gasteiger partial charge is 0.226 e. The third-order valence-electron chi connectivity index (χ3n) is 3.54. The van der Waals surface area contributed by atoms with Crippen LogP contribution in [0.1, 0.15) is 5.69 Å². The molecule has 0 bridgehead atoms. The second-order valence-electron chi connectivity index (χ2n) is 5.21. The van der Waals surface area contributed by atoms with Crippen molar-refractivity contribution in [2.24, 2.45) is 5.92 Å². The summed E-state index contributed by atoms with van der Waals surface area (Å²) in [6.07, 6.45) is -0.124. The number of aliphatic hydroxyl groups is 1. The summed E-state index contributed by atoms with van der Waals surface area (Å²) in [5.41, 5.74) is 0.757. The molecule has 1 aliphatic heterocycles. The van der Waals surface area contributed by atoms with E-state index in [0.29, 0.717) is 13.1 Å². The highest BCUT2D eigenvalue weighted by molar-refractivity contribution is 7.23. The van der Waals surface area contributed by atoms with Crippen molar-refractivity contribution in [1.29, 1.82) is 0 Å². The van der Waals surface area contributed by atoms with Gasteiger partial charge in [-0.15, -0.1) is 22.7 Å². The summed E-state index contributed by atoms with van der Waals surface area (Å²) in [4.78, 5) is 17.5. The summed E-state index contributed by atoms with van der Waals surface area (Å²) in [6, 6.07) is 3.78. The maximum absolute atomic E-state index is 12.0. The van der Waals surface area contributed by atoms with Gasteiger partial charge in [-0.3, -0.25) is 4.79 Å². The third-order valence-corrected chi connectivity index (χ3v) is 5.83. The molecule has 0 saturated carbocycles. The number of thiophene rings is 1. The van der Waals surface area contributed by atoms with Crippen LogP contribution in [0.15, 0.2) is 17.5 Å². The average Bonchev–Trinajstić information content (AvgIpc) is 3.18. The Morgan fingerprint density at radius 3 is 3.05 bits per heavy atom. The molecule has 1 saturated heterocycles. The maximum atomic E-state index is 12.0. The minimum atomic E-state index is -0.380. The highest BCUT2D eigenvalue weighted by Gasteiger charge is 2.25. The second-order valence-corrected chi connectivity index (χ2v) is 7.79. The van der Waals surface area contributed by atoms with Crippen LogP contribution >= 0.6 is 34.3 Å². The normalized spacial score (nSPS) is 21.2. The largest absolute Gasteiger partial charge is 0.391 e. The molecule has 3 N–H and O–H groups in total. The molecule has 1 fully saturated rings. The molecule has 3 heterocycles. The van der Waals surface area contributed by atoms with Crippen molar-refractivity contribution in [3.63, 3.8) is 0 Å². The lowest BCUT2D eigenvalue weighted by atomic mass is 10.1. The second kappa shape index (κ2) is 7.06. The summed E-state index contributed by atoms with van der Waals surface area (Å²) in [5, 5.41) is 18.4. The van der Waals surface area contributed by atoms with Crippen molar-refractivity contribution in [3.05, 3.63) is 27.5 Å². The zero-order valence-electron chi connectivity index (χ0n) is 11.7. The number of hydrogen-bond donors (Lipinski definition) is 3. The fourth-order valence-corrected chi connectivity index (χ4v) is 4.26. The van der Waals surface area contributed by atoms with Crippen LogP contribution in [0.3, 0.4) is 0 Å². The minimum absolute atomic E-state index is 0.0693. The number of carbonyl (C=O) groups is 1. The molecule has 8 heteroatoms. The van der Waals surface area contributed by atoms with Gasteiger partial charge in [0.2, 0.25) is 5.91 Å². The van der Waals surface area contributed by atoms with E-state index in [9.17, 15) is 9.90 Å².